The average Bonchev–Trinajstić information content (AvgIpc) is 2.24. The molecule has 88 valence electrons. The van der Waals surface area contributed by atoms with Crippen molar-refractivity contribution in [3.05, 3.63) is 28.7 Å². The lowest BCUT2D eigenvalue weighted by molar-refractivity contribution is -0.144. The van der Waals surface area contributed by atoms with Gasteiger partial charge in [-0.05, 0) is 6.07 Å². The van der Waals surface area contributed by atoms with Crippen molar-refractivity contribution in [3.8, 4) is 0 Å². The summed E-state index contributed by atoms with van der Waals surface area (Å²) in [5, 5.41) is 8.49. The standard InChI is InChI=1S/C10H14N2O4/c11-8-2-3-9(14)12(6-8)7-10(15)16-5-1-4-13/h2-3,6,13H,1,4-5,7,11H2. The Bertz CT molecular complexity index is 414. The summed E-state index contributed by atoms with van der Waals surface area (Å²) in [5.41, 5.74) is 5.57. The van der Waals surface area contributed by atoms with Gasteiger partial charge in [0.05, 0.1) is 6.61 Å². The second kappa shape index (κ2) is 5.92. The molecule has 16 heavy (non-hydrogen) atoms. The Morgan fingerprint density at radius 1 is 1.50 bits per heavy atom. The van der Waals surface area contributed by atoms with Gasteiger partial charge in [-0.25, -0.2) is 0 Å². The van der Waals surface area contributed by atoms with Crippen molar-refractivity contribution >= 4 is 11.7 Å². The number of carbonyl (C=O) groups is 1. The highest BCUT2D eigenvalue weighted by Gasteiger charge is 2.05. The minimum atomic E-state index is -0.527. The third kappa shape index (κ3) is 3.74. The molecule has 0 aromatic carbocycles. The highest BCUT2D eigenvalue weighted by molar-refractivity contribution is 5.69. The van der Waals surface area contributed by atoms with Crippen LogP contribution in [0, 0.1) is 0 Å². The Hall–Kier alpha value is -1.82. The van der Waals surface area contributed by atoms with Crippen LogP contribution in [0.3, 0.4) is 0 Å². The molecular formula is C10H14N2O4. The van der Waals surface area contributed by atoms with E-state index in [0.717, 1.165) is 0 Å². The van der Waals surface area contributed by atoms with Crippen LogP contribution in [0.2, 0.25) is 0 Å². The highest BCUT2D eigenvalue weighted by Crippen LogP contribution is 1.96. The number of aliphatic hydroxyl groups excluding tert-OH is 1. The number of hydrogen-bond acceptors (Lipinski definition) is 5. The first-order valence-electron chi connectivity index (χ1n) is 4.86. The third-order valence-corrected chi connectivity index (χ3v) is 1.87. The molecule has 1 heterocycles. The van der Waals surface area contributed by atoms with Gasteiger partial charge in [0, 0.05) is 31.0 Å². The average molecular weight is 226 g/mol. The molecule has 1 rings (SSSR count). The number of nitrogens with zero attached hydrogens (tertiary/aromatic N) is 1. The third-order valence-electron chi connectivity index (χ3n) is 1.87. The molecule has 0 spiro atoms. The van der Waals surface area contributed by atoms with E-state index in [4.69, 9.17) is 15.6 Å². The van der Waals surface area contributed by atoms with Gasteiger partial charge >= 0.3 is 5.97 Å². The number of carbonyl (C=O) groups excluding carboxylic acids is 1. The second-order valence-corrected chi connectivity index (χ2v) is 3.23. The monoisotopic (exact) mass is 226 g/mol. The molecule has 0 aliphatic heterocycles. The molecule has 0 bridgehead atoms. The summed E-state index contributed by atoms with van der Waals surface area (Å²) in [6.07, 6.45) is 1.77. The Kier molecular flexibility index (Phi) is 4.53. The van der Waals surface area contributed by atoms with Crippen LogP contribution in [0.25, 0.3) is 0 Å². The summed E-state index contributed by atoms with van der Waals surface area (Å²) >= 11 is 0. The topological polar surface area (TPSA) is 94.6 Å². The number of hydrogen-bond donors (Lipinski definition) is 2. The van der Waals surface area contributed by atoms with E-state index in [-0.39, 0.29) is 25.3 Å². The molecule has 6 heteroatoms. The molecule has 1 aromatic rings. The van der Waals surface area contributed by atoms with Crippen molar-refractivity contribution in [2.45, 2.75) is 13.0 Å². The molecular weight excluding hydrogens is 212 g/mol. The maximum absolute atomic E-state index is 11.3. The van der Waals surface area contributed by atoms with E-state index in [0.29, 0.717) is 12.1 Å². The maximum atomic E-state index is 11.3. The molecule has 0 aliphatic carbocycles. The van der Waals surface area contributed by atoms with Gasteiger partial charge in [0.1, 0.15) is 6.54 Å². The van der Waals surface area contributed by atoms with Crippen LogP contribution < -0.4 is 11.3 Å². The van der Waals surface area contributed by atoms with E-state index >= 15 is 0 Å². The first-order chi connectivity index (χ1) is 7.63. The molecule has 1 aromatic heterocycles. The SMILES string of the molecule is Nc1ccc(=O)n(CC(=O)OCCCO)c1. The second-order valence-electron chi connectivity index (χ2n) is 3.23. The minimum Gasteiger partial charge on any atom is -0.464 e. The molecule has 0 saturated heterocycles. The quantitative estimate of drug-likeness (QED) is 0.514. The van der Waals surface area contributed by atoms with Gasteiger partial charge in [-0.15, -0.1) is 0 Å². The Labute approximate surface area is 92.3 Å². The lowest BCUT2D eigenvalue weighted by Gasteiger charge is -2.06. The van der Waals surface area contributed by atoms with Crippen LogP contribution in [0.1, 0.15) is 6.42 Å². The smallest absolute Gasteiger partial charge is 0.326 e. The van der Waals surface area contributed by atoms with Crippen LogP contribution in [0.15, 0.2) is 23.1 Å². The number of rotatable bonds is 5. The van der Waals surface area contributed by atoms with Gasteiger partial charge < -0.3 is 20.1 Å². The van der Waals surface area contributed by atoms with Crippen molar-refractivity contribution in [1.82, 2.24) is 4.57 Å². The molecule has 0 fully saturated rings. The van der Waals surface area contributed by atoms with E-state index in [9.17, 15) is 9.59 Å². The van der Waals surface area contributed by atoms with Gasteiger partial charge in [0.25, 0.3) is 5.56 Å². The van der Waals surface area contributed by atoms with Crippen molar-refractivity contribution in [2.24, 2.45) is 0 Å². The molecule has 0 radical (unpaired) electrons. The summed E-state index contributed by atoms with van der Waals surface area (Å²) in [4.78, 5) is 22.5. The van der Waals surface area contributed by atoms with E-state index in [1.807, 2.05) is 0 Å². The lowest BCUT2D eigenvalue weighted by Crippen LogP contribution is -2.24. The fourth-order valence-corrected chi connectivity index (χ4v) is 1.11. The number of aromatic nitrogens is 1. The number of aliphatic hydroxyl groups is 1. The van der Waals surface area contributed by atoms with E-state index in [2.05, 4.69) is 0 Å². The molecule has 0 aliphatic rings. The Morgan fingerprint density at radius 2 is 2.25 bits per heavy atom. The zero-order chi connectivity index (χ0) is 12.0. The van der Waals surface area contributed by atoms with Crippen LogP contribution in [-0.4, -0.2) is 28.9 Å². The summed E-state index contributed by atoms with van der Waals surface area (Å²) < 4.78 is 5.96. The normalized spacial score (nSPS) is 10.1. The largest absolute Gasteiger partial charge is 0.464 e. The Morgan fingerprint density at radius 3 is 2.94 bits per heavy atom. The van der Waals surface area contributed by atoms with Gasteiger partial charge in [0.15, 0.2) is 0 Å². The zero-order valence-corrected chi connectivity index (χ0v) is 8.76. The van der Waals surface area contributed by atoms with Crippen molar-refractivity contribution < 1.29 is 14.6 Å². The maximum Gasteiger partial charge on any atom is 0.326 e. The van der Waals surface area contributed by atoms with Gasteiger partial charge in [0.2, 0.25) is 0 Å². The summed E-state index contributed by atoms with van der Waals surface area (Å²) in [5.74, 6) is -0.527. The van der Waals surface area contributed by atoms with Crippen molar-refractivity contribution in [3.63, 3.8) is 0 Å². The van der Waals surface area contributed by atoms with E-state index < -0.39 is 5.97 Å². The van der Waals surface area contributed by atoms with Crippen molar-refractivity contribution in [1.29, 1.82) is 0 Å². The summed E-state index contributed by atoms with van der Waals surface area (Å²) in [7, 11) is 0. The van der Waals surface area contributed by atoms with E-state index in [1.54, 1.807) is 0 Å². The Balaban J connectivity index is 2.56. The fraction of sp³-hybridized carbons (Fsp3) is 0.400. The summed E-state index contributed by atoms with van der Waals surface area (Å²) in [6, 6.07) is 2.76. The molecule has 0 amide bonds. The molecule has 0 unspecified atom stereocenters. The molecule has 0 saturated carbocycles. The number of pyridine rings is 1. The van der Waals surface area contributed by atoms with Gasteiger partial charge in [-0.3, -0.25) is 9.59 Å². The highest BCUT2D eigenvalue weighted by atomic mass is 16.5. The number of nitrogen functional groups attached to an aromatic ring is 1. The van der Waals surface area contributed by atoms with Crippen LogP contribution in [0.4, 0.5) is 5.69 Å². The van der Waals surface area contributed by atoms with Gasteiger partial charge in [-0.1, -0.05) is 0 Å². The molecule has 6 nitrogen and oxygen atoms in total. The molecule has 0 atom stereocenters. The van der Waals surface area contributed by atoms with Gasteiger partial charge in [-0.2, -0.15) is 0 Å². The van der Waals surface area contributed by atoms with Crippen LogP contribution >= 0.6 is 0 Å². The minimum absolute atomic E-state index is 0.0362. The first-order valence-corrected chi connectivity index (χ1v) is 4.86. The number of ether oxygens (including phenoxy) is 1. The number of esters is 1. The van der Waals surface area contributed by atoms with Crippen molar-refractivity contribution in [2.75, 3.05) is 18.9 Å². The zero-order valence-electron chi connectivity index (χ0n) is 8.76. The predicted molar refractivity (Wildman–Crippen MR) is 57.8 cm³/mol. The first kappa shape index (κ1) is 12.3. The lowest BCUT2D eigenvalue weighted by atomic mass is 10.4. The van der Waals surface area contributed by atoms with Crippen LogP contribution in [0.5, 0.6) is 0 Å². The van der Waals surface area contributed by atoms with E-state index in [1.165, 1.54) is 22.9 Å². The number of nitrogens with two attached hydrogens (primary N) is 1. The fourth-order valence-electron chi connectivity index (χ4n) is 1.11. The summed E-state index contributed by atoms with van der Waals surface area (Å²) in [6.45, 7) is -0.0623. The molecule has 3 N–H and O–H groups in total. The predicted octanol–water partition coefficient (Wildman–Crippen LogP) is -0.644. The van der Waals surface area contributed by atoms with Crippen LogP contribution in [-0.2, 0) is 16.1 Å². The number of anilines is 1.